The van der Waals surface area contributed by atoms with Crippen LogP contribution in [0.2, 0.25) is 0 Å². The first kappa shape index (κ1) is 11.6. The lowest BCUT2D eigenvalue weighted by Crippen LogP contribution is -2.40. The van der Waals surface area contributed by atoms with Crippen molar-refractivity contribution in [2.45, 2.75) is 64.3 Å². The number of amidine groups is 1. The Bertz CT molecular complexity index is 297. The Hall–Kier alpha value is -0.530. The van der Waals surface area contributed by atoms with E-state index in [-0.39, 0.29) is 0 Å². The predicted octanol–water partition coefficient (Wildman–Crippen LogP) is 3.37. The van der Waals surface area contributed by atoms with Crippen LogP contribution in [0.1, 0.15) is 58.3 Å². The first-order valence-corrected chi connectivity index (χ1v) is 7.63. The second kappa shape index (κ2) is 4.99. The number of aliphatic imine (C=N–C) groups is 1. The molecule has 2 heteroatoms. The average molecular weight is 234 g/mol. The number of hydrogen-bond donors (Lipinski definition) is 1. The summed E-state index contributed by atoms with van der Waals surface area (Å²) in [6, 6.07) is 0.655. The van der Waals surface area contributed by atoms with Crippen molar-refractivity contribution in [1.29, 1.82) is 0 Å². The molecule has 1 heterocycles. The molecule has 2 aliphatic carbocycles. The molecule has 96 valence electrons. The monoisotopic (exact) mass is 234 g/mol. The lowest BCUT2D eigenvalue weighted by atomic mass is 9.84. The van der Waals surface area contributed by atoms with Crippen LogP contribution < -0.4 is 5.32 Å². The van der Waals surface area contributed by atoms with Gasteiger partial charge in [-0.05, 0) is 56.8 Å². The molecule has 4 atom stereocenters. The van der Waals surface area contributed by atoms with Crippen LogP contribution in [-0.2, 0) is 0 Å². The predicted molar refractivity (Wildman–Crippen MR) is 72.3 cm³/mol. The number of nitrogens with zero attached hydrogens (tertiary/aromatic N) is 1. The molecular weight excluding hydrogens is 208 g/mol. The van der Waals surface area contributed by atoms with E-state index >= 15 is 0 Å². The third kappa shape index (κ3) is 2.51. The highest BCUT2D eigenvalue weighted by Crippen LogP contribution is 2.49. The van der Waals surface area contributed by atoms with Gasteiger partial charge in [-0.1, -0.05) is 12.8 Å². The van der Waals surface area contributed by atoms with E-state index in [0.29, 0.717) is 6.04 Å². The molecule has 0 saturated heterocycles. The molecule has 0 aromatic heterocycles. The molecule has 3 rings (SSSR count). The summed E-state index contributed by atoms with van der Waals surface area (Å²) in [5.74, 6) is 4.32. The summed E-state index contributed by atoms with van der Waals surface area (Å²) in [6.45, 7) is 3.44. The highest BCUT2D eigenvalue weighted by molar-refractivity contribution is 5.82. The third-order valence-corrected chi connectivity index (χ3v) is 5.20. The van der Waals surface area contributed by atoms with E-state index in [1.165, 1.54) is 57.2 Å². The summed E-state index contributed by atoms with van der Waals surface area (Å²) in [7, 11) is 0. The van der Waals surface area contributed by atoms with Gasteiger partial charge in [-0.2, -0.15) is 0 Å². The first-order chi connectivity index (χ1) is 8.33. The molecule has 2 fully saturated rings. The summed E-state index contributed by atoms with van der Waals surface area (Å²) in [5.41, 5.74) is 0. The van der Waals surface area contributed by atoms with Crippen LogP contribution in [0.25, 0.3) is 0 Å². The van der Waals surface area contributed by atoms with Crippen molar-refractivity contribution in [1.82, 2.24) is 5.32 Å². The smallest absolute Gasteiger partial charge is 0.0965 e. The number of nitrogens with one attached hydrogen (secondary N) is 1. The van der Waals surface area contributed by atoms with E-state index in [1.807, 2.05) is 0 Å². The van der Waals surface area contributed by atoms with Crippen molar-refractivity contribution in [3.8, 4) is 0 Å². The fourth-order valence-electron chi connectivity index (χ4n) is 4.27. The van der Waals surface area contributed by atoms with Crippen molar-refractivity contribution in [2.24, 2.45) is 22.7 Å². The van der Waals surface area contributed by atoms with Crippen molar-refractivity contribution in [3.63, 3.8) is 0 Å². The Morgan fingerprint density at radius 2 is 2.12 bits per heavy atom. The molecule has 2 bridgehead atoms. The highest BCUT2D eigenvalue weighted by Gasteiger charge is 2.41. The first-order valence-electron chi connectivity index (χ1n) is 7.63. The largest absolute Gasteiger partial charge is 0.371 e. The van der Waals surface area contributed by atoms with Crippen LogP contribution in [0.5, 0.6) is 0 Å². The van der Waals surface area contributed by atoms with Crippen molar-refractivity contribution in [2.75, 3.05) is 6.54 Å². The zero-order valence-electron chi connectivity index (χ0n) is 11.1. The van der Waals surface area contributed by atoms with Gasteiger partial charge in [0.1, 0.15) is 0 Å². The zero-order chi connectivity index (χ0) is 11.7. The number of fused-ring (bicyclic) bond motifs is 2. The van der Waals surface area contributed by atoms with Crippen LogP contribution in [0, 0.1) is 17.8 Å². The Morgan fingerprint density at radius 1 is 1.18 bits per heavy atom. The minimum absolute atomic E-state index is 0.655. The molecule has 1 aliphatic heterocycles. The van der Waals surface area contributed by atoms with Gasteiger partial charge in [0.15, 0.2) is 0 Å². The van der Waals surface area contributed by atoms with Crippen molar-refractivity contribution < 1.29 is 0 Å². The van der Waals surface area contributed by atoms with Crippen molar-refractivity contribution in [3.05, 3.63) is 0 Å². The zero-order valence-corrected chi connectivity index (χ0v) is 11.1. The van der Waals surface area contributed by atoms with Gasteiger partial charge < -0.3 is 5.32 Å². The van der Waals surface area contributed by atoms with Gasteiger partial charge in [0.2, 0.25) is 0 Å². The van der Waals surface area contributed by atoms with Gasteiger partial charge in [-0.3, -0.25) is 4.99 Å². The summed E-state index contributed by atoms with van der Waals surface area (Å²) in [6.07, 6.45) is 11.2. The van der Waals surface area contributed by atoms with E-state index in [1.54, 1.807) is 0 Å². The van der Waals surface area contributed by atoms with Gasteiger partial charge >= 0.3 is 0 Å². The maximum atomic E-state index is 4.70. The van der Waals surface area contributed by atoms with Crippen LogP contribution in [0.4, 0.5) is 0 Å². The van der Waals surface area contributed by atoms with Crippen LogP contribution in [0.3, 0.4) is 0 Å². The standard InChI is InChI=1S/C15H26N2/c1-11(14-10-12-6-7-13(14)9-12)17-15-5-3-2-4-8-16-15/h11-14H,2-10H2,1H3,(H,16,17)/t11-,12+,13+,14-/m1/s1. The number of hydrogen-bond acceptors (Lipinski definition) is 2. The van der Waals surface area contributed by atoms with Gasteiger partial charge in [0.25, 0.3) is 0 Å². The van der Waals surface area contributed by atoms with E-state index in [4.69, 9.17) is 4.99 Å². The van der Waals surface area contributed by atoms with Crippen LogP contribution >= 0.6 is 0 Å². The summed E-state index contributed by atoms with van der Waals surface area (Å²) >= 11 is 0. The maximum Gasteiger partial charge on any atom is 0.0965 e. The molecular formula is C15H26N2. The van der Waals surface area contributed by atoms with Gasteiger partial charge in [-0.15, -0.1) is 0 Å². The fraction of sp³-hybridized carbons (Fsp3) is 0.933. The molecule has 0 aromatic rings. The molecule has 0 amide bonds. The second-order valence-electron chi connectivity index (χ2n) is 6.41. The van der Waals surface area contributed by atoms with E-state index < -0.39 is 0 Å². The summed E-state index contributed by atoms with van der Waals surface area (Å²) in [5, 5.41) is 3.74. The topological polar surface area (TPSA) is 24.4 Å². The Labute approximate surface area is 105 Å². The molecule has 0 aromatic carbocycles. The SMILES string of the molecule is C[C@@H](NC1=NCCCCC1)[C@H]1C[C@H]2CC[C@H]1C2. The number of rotatable bonds is 2. The molecule has 1 N–H and O–H groups in total. The minimum Gasteiger partial charge on any atom is -0.371 e. The molecule has 17 heavy (non-hydrogen) atoms. The summed E-state index contributed by atoms with van der Waals surface area (Å²) < 4.78 is 0. The third-order valence-electron chi connectivity index (χ3n) is 5.20. The molecule has 3 aliphatic rings. The second-order valence-corrected chi connectivity index (χ2v) is 6.41. The quantitative estimate of drug-likeness (QED) is 0.778. The maximum absolute atomic E-state index is 4.70. The van der Waals surface area contributed by atoms with Gasteiger partial charge in [0, 0.05) is 19.0 Å². The average Bonchev–Trinajstić information content (AvgIpc) is 2.87. The lowest BCUT2D eigenvalue weighted by molar-refractivity contribution is 0.278. The Kier molecular flexibility index (Phi) is 3.39. The Morgan fingerprint density at radius 3 is 2.88 bits per heavy atom. The lowest BCUT2D eigenvalue weighted by Gasteiger charge is -2.29. The van der Waals surface area contributed by atoms with E-state index in [2.05, 4.69) is 12.2 Å². The minimum atomic E-state index is 0.655. The summed E-state index contributed by atoms with van der Waals surface area (Å²) in [4.78, 5) is 4.70. The molecule has 0 spiro atoms. The molecule has 2 nitrogen and oxygen atoms in total. The van der Waals surface area contributed by atoms with Crippen LogP contribution in [0.15, 0.2) is 4.99 Å². The fourth-order valence-corrected chi connectivity index (χ4v) is 4.27. The van der Waals surface area contributed by atoms with Crippen LogP contribution in [-0.4, -0.2) is 18.4 Å². The van der Waals surface area contributed by atoms with Gasteiger partial charge in [0.05, 0.1) is 5.84 Å². The normalized spacial score (nSPS) is 38.6. The Balaban J connectivity index is 1.55. The van der Waals surface area contributed by atoms with E-state index in [0.717, 1.165) is 24.3 Å². The molecule has 0 unspecified atom stereocenters. The van der Waals surface area contributed by atoms with Gasteiger partial charge in [-0.25, -0.2) is 0 Å². The van der Waals surface area contributed by atoms with Crippen molar-refractivity contribution >= 4 is 5.84 Å². The molecule has 2 saturated carbocycles. The highest BCUT2D eigenvalue weighted by atomic mass is 15.0. The molecule has 0 radical (unpaired) electrons. The van der Waals surface area contributed by atoms with E-state index in [9.17, 15) is 0 Å².